The van der Waals surface area contributed by atoms with Gasteiger partial charge in [0.1, 0.15) is 11.6 Å². The molecule has 5 aromatic rings. The Hall–Kier alpha value is -4.54. The first-order valence-electron chi connectivity index (χ1n) is 10.3. The first-order chi connectivity index (χ1) is 16.9. The number of nitrogens with two attached hydrogens (primary N) is 1. The van der Waals surface area contributed by atoms with Crippen molar-refractivity contribution >= 4 is 16.6 Å². The number of ether oxygens (including phenoxy) is 1. The molecule has 0 saturated heterocycles. The van der Waals surface area contributed by atoms with E-state index in [0.717, 1.165) is 12.1 Å². The van der Waals surface area contributed by atoms with Crippen molar-refractivity contribution < 1.29 is 22.3 Å². The Labute approximate surface area is 195 Å². The molecule has 0 fully saturated rings. The molecule has 7 nitrogen and oxygen atoms in total. The molecule has 0 unspecified atom stereocenters. The Bertz CT molecular complexity index is 1590. The molecule has 176 valence electrons. The first-order valence-corrected chi connectivity index (χ1v) is 10.3. The average Bonchev–Trinajstić information content (AvgIpc) is 3.21. The number of H-pyrrole nitrogens is 1. The Morgan fingerprint density at radius 2 is 1.74 bits per heavy atom. The lowest BCUT2D eigenvalue weighted by atomic mass is 10.1. The maximum atomic E-state index is 14.3. The number of hydrogen-bond donors (Lipinski definition) is 2. The van der Waals surface area contributed by atoms with E-state index >= 15 is 0 Å². The molecule has 4 aromatic heterocycles. The SMILES string of the molecule is COc1ncccc1-c1cnc(-c2[nH]c(Cc3c(F)ccc(F)c3F)c3cnc(F)cc23)nc1N. The average molecular weight is 480 g/mol. The predicted molar refractivity (Wildman–Crippen MR) is 120 cm³/mol. The molecule has 3 N–H and O–H groups in total. The fourth-order valence-corrected chi connectivity index (χ4v) is 3.87. The van der Waals surface area contributed by atoms with Gasteiger partial charge in [-0.05, 0) is 24.3 Å². The molecule has 0 saturated carbocycles. The van der Waals surface area contributed by atoms with Crippen molar-refractivity contribution in [2.45, 2.75) is 6.42 Å². The number of anilines is 1. The zero-order valence-corrected chi connectivity index (χ0v) is 18.1. The van der Waals surface area contributed by atoms with Gasteiger partial charge in [0.2, 0.25) is 11.8 Å². The number of hydrogen-bond acceptors (Lipinski definition) is 6. The second kappa shape index (κ2) is 8.67. The normalized spacial score (nSPS) is 11.2. The van der Waals surface area contributed by atoms with Gasteiger partial charge in [0.05, 0.1) is 12.8 Å². The van der Waals surface area contributed by atoms with Crippen molar-refractivity contribution in [3.05, 3.63) is 83.6 Å². The number of methoxy groups -OCH3 is 1. The second-order valence-corrected chi connectivity index (χ2v) is 7.58. The highest BCUT2D eigenvalue weighted by Gasteiger charge is 2.21. The summed E-state index contributed by atoms with van der Waals surface area (Å²) in [6, 6.07) is 6.13. The number of aromatic amines is 1. The molecule has 0 spiro atoms. The number of pyridine rings is 2. The largest absolute Gasteiger partial charge is 0.481 e. The number of rotatable bonds is 5. The predicted octanol–water partition coefficient (Wildman–Crippen LogP) is 4.82. The topological polar surface area (TPSA) is 103 Å². The molecule has 4 heterocycles. The van der Waals surface area contributed by atoms with Gasteiger partial charge in [-0.15, -0.1) is 0 Å². The van der Waals surface area contributed by atoms with Crippen LogP contribution in [-0.4, -0.2) is 32.0 Å². The maximum absolute atomic E-state index is 14.3. The van der Waals surface area contributed by atoms with E-state index in [4.69, 9.17) is 10.5 Å². The van der Waals surface area contributed by atoms with Crippen LogP contribution in [0.15, 0.2) is 48.9 Å². The van der Waals surface area contributed by atoms with Crippen molar-refractivity contribution in [1.82, 2.24) is 24.9 Å². The van der Waals surface area contributed by atoms with E-state index in [1.165, 1.54) is 19.5 Å². The van der Waals surface area contributed by atoms with Crippen LogP contribution in [0, 0.1) is 23.4 Å². The lowest BCUT2D eigenvalue weighted by Crippen LogP contribution is -2.02. The molecular formula is C24H16F4N6O. The minimum Gasteiger partial charge on any atom is -0.481 e. The van der Waals surface area contributed by atoms with Crippen molar-refractivity contribution in [2.75, 3.05) is 12.8 Å². The van der Waals surface area contributed by atoms with Gasteiger partial charge in [-0.1, -0.05) is 0 Å². The Balaban J connectivity index is 1.63. The van der Waals surface area contributed by atoms with Crippen LogP contribution in [0.1, 0.15) is 11.3 Å². The molecule has 0 atom stereocenters. The van der Waals surface area contributed by atoms with Crippen molar-refractivity contribution in [3.63, 3.8) is 0 Å². The van der Waals surface area contributed by atoms with Crippen LogP contribution < -0.4 is 10.5 Å². The summed E-state index contributed by atoms with van der Waals surface area (Å²) < 4.78 is 61.6. The van der Waals surface area contributed by atoms with E-state index in [-0.39, 0.29) is 29.5 Å². The molecule has 0 radical (unpaired) electrons. The highest BCUT2D eigenvalue weighted by Crippen LogP contribution is 2.35. The van der Waals surface area contributed by atoms with Crippen molar-refractivity contribution in [1.29, 1.82) is 0 Å². The third-order valence-corrected chi connectivity index (χ3v) is 5.53. The van der Waals surface area contributed by atoms with Gasteiger partial charge >= 0.3 is 0 Å². The minimum atomic E-state index is -1.31. The number of halogens is 4. The molecule has 35 heavy (non-hydrogen) atoms. The fourth-order valence-electron chi connectivity index (χ4n) is 3.87. The molecule has 0 amide bonds. The number of nitrogens with zero attached hydrogens (tertiary/aromatic N) is 4. The summed E-state index contributed by atoms with van der Waals surface area (Å²) in [5.41, 5.74) is 7.28. The lowest BCUT2D eigenvalue weighted by molar-refractivity contribution is 0.399. The van der Waals surface area contributed by atoms with E-state index < -0.39 is 29.0 Å². The highest BCUT2D eigenvalue weighted by molar-refractivity contribution is 5.96. The van der Waals surface area contributed by atoms with Gasteiger partial charge in [-0.3, -0.25) is 0 Å². The van der Waals surface area contributed by atoms with Gasteiger partial charge in [-0.2, -0.15) is 4.39 Å². The molecule has 0 bridgehead atoms. The van der Waals surface area contributed by atoms with Crippen LogP contribution in [0.25, 0.3) is 33.4 Å². The summed E-state index contributed by atoms with van der Waals surface area (Å²) in [5.74, 6) is -3.65. The Kier molecular flexibility index (Phi) is 5.51. The van der Waals surface area contributed by atoms with Gasteiger partial charge in [0.25, 0.3) is 0 Å². The molecular weight excluding hydrogens is 464 g/mol. The zero-order chi connectivity index (χ0) is 24.7. The lowest BCUT2D eigenvalue weighted by Gasteiger charge is -2.09. The van der Waals surface area contributed by atoms with E-state index in [0.29, 0.717) is 33.8 Å². The zero-order valence-electron chi connectivity index (χ0n) is 18.1. The van der Waals surface area contributed by atoms with Gasteiger partial charge in [-0.25, -0.2) is 33.1 Å². The minimum absolute atomic E-state index is 0.0994. The highest BCUT2D eigenvalue weighted by atomic mass is 19.2. The summed E-state index contributed by atoms with van der Waals surface area (Å²) in [6.45, 7) is 0. The van der Waals surface area contributed by atoms with Crippen LogP contribution >= 0.6 is 0 Å². The number of nitrogen functional groups attached to an aromatic ring is 1. The Morgan fingerprint density at radius 1 is 0.943 bits per heavy atom. The third-order valence-electron chi connectivity index (χ3n) is 5.53. The van der Waals surface area contributed by atoms with Crippen LogP contribution in [0.4, 0.5) is 23.4 Å². The fraction of sp³-hybridized carbons (Fsp3) is 0.0833. The second-order valence-electron chi connectivity index (χ2n) is 7.58. The smallest absolute Gasteiger partial charge is 0.221 e. The summed E-state index contributed by atoms with van der Waals surface area (Å²) in [5, 5.41) is 0.681. The maximum Gasteiger partial charge on any atom is 0.221 e. The number of benzene rings is 1. The molecule has 0 aliphatic rings. The van der Waals surface area contributed by atoms with Crippen LogP contribution in [-0.2, 0) is 6.42 Å². The van der Waals surface area contributed by atoms with E-state index in [2.05, 4.69) is 24.9 Å². The van der Waals surface area contributed by atoms with Crippen molar-refractivity contribution in [2.24, 2.45) is 0 Å². The van der Waals surface area contributed by atoms with Gasteiger partial charge in [0, 0.05) is 64.2 Å². The van der Waals surface area contributed by atoms with Crippen LogP contribution in [0.5, 0.6) is 5.88 Å². The number of fused-ring (bicyclic) bond motifs is 1. The quantitative estimate of drug-likeness (QED) is 0.212. The summed E-state index contributed by atoms with van der Waals surface area (Å²) in [7, 11) is 1.47. The monoisotopic (exact) mass is 480 g/mol. The van der Waals surface area contributed by atoms with Gasteiger partial charge in [0.15, 0.2) is 17.5 Å². The van der Waals surface area contributed by atoms with Crippen molar-refractivity contribution in [3.8, 4) is 28.5 Å². The van der Waals surface area contributed by atoms with E-state index in [1.807, 2.05) is 0 Å². The molecule has 0 aliphatic heterocycles. The molecule has 0 aliphatic carbocycles. The van der Waals surface area contributed by atoms with Crippen LogP contribution in [0.2, 0.25) is 0 Å². The van der Waals surface area contributed by atoms with E-state index in [1.54, 1.807) is 18.3 Å². The summed E-state index contributed by atoms with van der Waals surface area (Å²) >= 11 is 0. The summed E-state index contributed by atoms with van der Waals surface area (Å²) in [6.07, 6.45) is 3.90. The molecule has 1 aromatic carbocycles. The van der Waals surface area contributed by atoms with Crippen LogP contribution in [0.3, 0.4) is 0 Å². The first kappa shape index (κ1) is 22.3. The standard InChI is InChI=1S/C24H16F4N6O/c1-35-24-11(3-2-6-30-24)15-10-32-23(34-22(15)29)21-12-8-19(27)31-9-14(12)18(33-21)7-13-16(25)4-5-17(26)20(13)28/h2-6,8-10,33H,7H2,1H3,(H2,29,32,34). The number of nitrogens with one attached hydrogen (secondary N) is 1. The number of aromatic nitrogens is 5. The molecule has 5 rings (SSSR count). The van der Waals surface area contributed by atoms with Gasteiger partial charge < -0.3 is 15.5 Å². The van der Waals surface area contributed by atoms with E-state index in [9.17, 15) is 17.6 Å². The summed E-state index contributed by atoms with van der Waals surface area (Å²) in [4.78, 5) is 19.5. The third kappa shape index (κ3) is 3.90. The molecule has 11 heteroatoms. The Morgan fingerprint density at radius 3 is 2.51 bits per heavy atom.